The number of likely N-dealkylation sites (tertiary alicyclic amines) is 1. The van der Waals surface area contributed by atoms with Crippen LogP contribution in [-0.4, -0.2) is 62.1 Å². The summed E-state index contributed by atoms with van der Waals surface area (Å²) in [5, 5.41) is 8.90. The lowest BCUT2D eigenvalue weighted by molar-refractivity contribution is -0.128. The van der Waals surface area contributed by atoms with E-state index in [-0.39, 0.29) is 11.8 Å². The van der Waals surface area contributed by atoms with Crippen molar-refractivity contribution in [3.8, 4) is 0 Å². The molecule has 1 aromatic rings. The number of anilines is 2. The van der Waals surface area contributed by atoms with Crippen LogP contribution < -0.4 is 16.0 Å². The van der Waals surface area contributed by atoms with Gasteiger partial charge in [-0.15, -0.1) is 0 Å². The Morgan fingerprint density at radius 1 is 1.04 bits per heavy atom. The molecule has 2 amide bonds. The molecular formula is C19H28N4O3. The Labute approximate surface area is 154 Å². The van der Waals surface area contributed by atoms with E-state index < -0.39 is 6.10 Å². The molecule has 2 saturated heterocycles. The topological polar surface area (TPSA) is 82.7 Å². The molecule has 1 unspecified atom stereocenters. The molecule has 26 heavy (non-hydrogen) atoms. The minimum atomic E-state index is -0.461. The van der Waals surface area contributed by atoms with Crippen molar-refractivity contribution in [1.82, 2.24) is 10.2 Å². The van der Waals surface area contributed by atoms with E-state index in [1.165, 1.54) is 25.7 Å². The molecule has 142 valence electrons. The average Bonchev–Trinajstić information content (AvgIpc) is 2.92. The molecule has 1 atom stereocenters. The maximum absolute atomic E-state index is 12.2. The summed E-state index contributed by atoms with van der Waals surface area (Å²) >= 11 is 0. The molecule has 7 nitrogen and oxygen atoms in total. The Balaban J connectivity index is 1.46. The summed E-state index contributed by atoms with van der Waals surface area (Å²) in [7, 11) is 0. The number of nitrogens with zero attached hydrogens (tertiary/aromatic N) is 1. The van der Waals surface area contributed by atoms with Crippen molar-refractivity contribution < 1.29 is 14.3 Å². The monoisotopic (exact) mass is 360 g/mol. The van der Waals surface area contributed by atoms with Crippen LogP contribution in [0.4, 0.5) is 11.4 Å². The van der Waals surface area contributed by atoms with E-state index >= 15 is 0 Å². The second kappa shape index (κ2) is 9.66. The van der Waals surface area contributed by atoms with Crippen LogP contribution in [0.2, 0.25) is 0 Å². The Kier molecular flexibility index (Phi) is 6.99. The van der Waals surface area contributed by atoms with Gasteiger partial charge in [-0.1, -0.05) is 12.8 Å². The first-order valence-corrected chi connectivity index (χ1v) is 9.46. The number of carbonyl (C=O) groups is 2. The van der Waals surface area contributed by atoms with Crippen LogP contribution in [0.3, 0.4) is 0 Å². The smallest absolute Gasteiger partial charge is 0.254 e. The third-order valence-corrected chi connectivity index (χ3v) is 4.72. The van der Waals surface area contributed by atoms with Gasteiger partial charge in [0.05, 0.1) is 13.2 Å². The van der Waals surface area contributed by atoms with Crippen molar-refractivity contribution in [2.75, 3.05) is 50.0 Å². The fourth-order valence-electron chi connectivity index (χ4n) is 3.29. The van der Waals surface area contributed by atoms with E-state index in [2.05, 4.69) is 20.9 Å². The van der Waals surface area contributed by atoms with Gasteiger partial charge in [-0.3, -0.25) is 14.5 Å². The van der Waals surface area contributed by atoms with E-state index in [0.29, 0.717) is 25.4 Å². The zero-order valence-electron chi connectivity index (χ0n) is 15.1. The zero-order chi connectivity index (χ0) is 18.2. The highest BCUT2D eigenvalue weighted by molar-refractivity contribution is 5.95. The van der Waals surface area contributed by atoms with Crippen molar-refractivity contribution in [3.05, 3.63) is 24.3 Å². The van der Waals surface area contributed by atoms with Crippen molar-refractivity contribution in [2.45, 2.75) is 31.8 Å². The Bertz CT molecular complexity index is 591. The first-order chi connectivity index (χ1) is 12.7. The van der Waals surface area contributed by atoms with Crippen molar-refractivity contribution in [2.24, 2.45) is 0 Å². The lowest BCUT2D eigenvalue weighted by Gasteiger charge is -2.22. The molecule has 0 aromatic heterocycles. The van der Waals surface area contributed by atoms with Crippen LogP contribution in [-0.2, 0) is 14.3 Å². The van der Waals surface area contributed by atoms with Crippen LogP contribution in [0, 0.1) is 0 Å². The molecule has 2 heterocycles. The maximum atomic E-state index is 12.2. The Morgan fingerprint density at radius 2 is 1.69 bits per heavy atom. The van der Waals surface area contributed by atoms with Crippen LogP contribution >= 0.6 is 0 Å². The summed E-state index contributed by atoms with van der Waals surface area (Å²) in [4.78, 5) is 26.6. The highest BCUT2D eigenvalue weighted by atomic mass is 16.5. The minimum absolute atomic E-state index is 0.00497. The van der Waals surface area contributed by atoms with Crippen LogP contribution in [0.5, 0.6) is 0 Å². The third kappa shape index (κ3) is 5.79. The first-order valence-electron chi connectivity index (χ1n) is 9.46. The maximum Gasteiger partial charge on any atom is 0.254 e. The average molecular weight is 360 g/mol. The zero-order valence-corrected chi connectivity index (χ0v) is 15.1. The number of nitrogens with one attached hydrogen (secondary N) is 3. The number of hydrogen-bond donors (Lipinski definition) is 3. The van der Waals surface area contributed by atoms with Gasteiger partial charge in [0.2, 0.25) is 5.91 Å². The molecule has 0 spiro atoms. The van der Waals surface area contributed by atoms with Crippen molar-refractivity contribution in [3.63, 3.8) is 0 Å². The standard InChI is InChI=1S/C19H28N4O3/c24-18(14-23-10-3-1-2-4-11-23)21-15-5-7-16(8-6-15)22-19(25)17-13-20-9-12-26-17/h5-8,17,20H,1-4,9-14H2,(H,21,24)(H,22,25). The SMILES string of the molecule is O=C(CN1CCCCCC1)Nc1ccc(NC(=O)C2CNCCO2)cc1. The van der Waals surface area contributed by atoms with Gasteiger partial charge < -0.3 is 20.7 Å². The van der Waals surface area contributed by atoms with E-state index in [0.717, 1.165) is 25.3 Å². The predicted octanol–water partition coefficient (Wildman–Crippen LogP) is 1.43. The van der Waals surface area contributed by atoms with Gasteiger partial charge in [-0.25, -0.2) is 0 Å². The normalized spacial score (nSPS) is 21.6. The number of hydrogen-bond acceptors (Lipinski definition) is 5. The molecule has 1 aromatic carbocycles. The molecular weight excluding hydrogens is 332 g/mol. The summed E-state index contributed by atoms with van der Waals surface area (Å²) in [5.74, 6) is -0.152. The van der Waals surface area contributed by atoms with Gasteiger partial charge in [-0.05, 0) is 50.2 Å². The molecule has 0 radical (unpaired) electrons. The summed E-state index contributed by atoms with van der Waals surface area (Å²) < 4.78 is 5.43. The number of amides is 2. The molecule has 0 aliphatic carbocycles. The second-order valence-electron chi connectivity index (χ2n) is 6.87. The van der Waals surface area contributed by atoms with Crippen molar-refractivity contribution in [1.29, 1.82) is 0 Å². The first kappa shape index (κ1) is 18.8. The minimum Gasteiger partial charge on any atom is -0.366 e. The van der Waals surface area contributed by atoms with Gasteiger partial charge in [0, 0.05) is 24.5 Å². The van der Waals surface area contributed by atoms with E-state index in [9.17, 15) is 9.59 Å². The third-order valence-electron chi connectivity index (χ3n) is 4.72. The van der Waals surface area contributed by atoms with Gasteiger partial charge in [0.25, 0.3) is 5.91 Å². The number of carbonyl (C=O) groups excluding carboxylic acids is 2. The van der Waals surface area contributed by atoms with Crippen molar-refractivity contribution >= 4 is 23.2 Å². The summed E-state index contributed by atoms with van der Waals surface area (Å²) in [5.41, 5.74) is 1.42. The molecule has 2 aliphatic heterocycles. The highest BCUT2D eigenvalue weighted by Gasteiger charge is 2.21. The number of benzene rings is 1. The van der Waals surface area contributed by atoms with E-state index in [4.69, 9.17) is 4.74 Å². The molecule has 2 fully saturated rings. The fourth-order valence-corrected chi connectivity index (χ4v) is 3.29. The number of rotatable bonds is 5. The molecule has 3 rings (SSSR count). The molecule has 7 heteroatoms. The highest BCUT2D eigenvalue weighted by Crippen LogP contribution is 2.15. The molecule has 2 aliphatic rings. The number of morpholine rings is 1. The van der Waals surface area contributed by atoms with Crippen LogP contribution in [0.25, 0.3) is 0 Å². The fraction of sp³-hybridized carbons (Fsp3) is 0.579. The Hall–Kier alpha value is -1.96. The lowest BCUT2D eigenvalue weighted by Crippen LogP contribution is -2.45. The molecule has 0 saturated carbocycles. The predicted molar refractivity (Wildman–Crippen MR) is 101 cm³/mol. The van der Waals surface area contributed by atoms with Gasteiger partial charge in [0.15, 0.2) is 0 Å². The quantitative estimate of drug-likeness (QED) is 0.740. The van der Waals surface area contributed by atoms with E-state index in [1.54, 1.807) is 24.3 Å². The second-order valence-corrected chi connectivity index (χ2v) is 6.87. The number of ether oxygens (including phenoxy) is 1. The lowest BCUT2D eigenvalue weighted by atomic mass is 10.2. The van der Waals surface area contributed by atoms with Gasteiger partial charge in [-0.2, -0.15) is 0 Å². The summed E-state index contributed by atoms with van der Waals surface area (Å²) in [6.45, 7) is 4.27. The summed E-state index contributed by atoms with van der Waals surface area (Å²) in [6.07, 6.45) is 4.39. The Morgan fingerprint density at radius 3 is 2.31 bits per heavy atom. The summed E-state index contributed by atoms with van der Waals surface area (Å²) in [6, 6.07) is 7.18. The van der Waals surface area contributed by atoms with Gasteiger partial charge in [0.1, 0.15) is 6.10 Å². The van der Waals surface area contributed by atoms with Gasteiger partial charge >= 0.3 is 0 Å². The van der Waals surface area contributed by atoms with E-state index in [1.807, 2.05) is 0 Å². The molecule has 3 N–H and O–H groups in total. The largest absolute Gasteiger partial charge is 0.366 e. The van der Waals surface area contributed by atoms with Crippen LogP contribution in [0.1, 0.15) is 25.7 Å². The molecule has 0 bridgehead atoms. The van der Waals surface area contributed by atoms with Crippen LogP contribution in [0.15, 0.2) is 24.3 Å².